The summed E-state index contributed by atoms with van der Waals surface area (Å²) in [5.74, 6) is 0.424. The van der Waals surface area contributed by atoms with Crippen LogP contribution in [0.3, 0.4) is 0 Å². The minimum atomic E-state index is -3.95. The molecule has 0 amide bonds. The van der Waals surface area contributed by atoms with Gasteiger partial charge in [0.1, 0.15) is 18.3 Å². The number of aliphatic hydroxyl groups is 2. The molecule has 0 unspecified atom stereocenters. The van der Waals surface area contributed by atoms with E-state index in [1.807, 2.05) is 4.98 Å². The number of sulfonamides is 1. The third kappa shape index (κ3) is 3.88. The fourth-order valence-corrected chi connectivity index (χ4v) is 5.24. The van der Waals surface area contributed by atoms with Gasteiger partial charge in [0, 0.05) is 30.3 Å². The Morgan fingerprint density at radius 1 is 1.27 bits per heavy atom. The third-order valence-electron chi connectivity index (χ3n) is 4.50. The molecule has 0 aliphatic carbocycles. The lowest BCUT2D eigenvalue weighted by atomic mass is 10.1. The van der Waals surface area contributed by atoms with Crippen molar-refractivity contribution in [2.75, 3.05) is 6.54 Å². The van der Waals surface area contributed by atoms with E-state index < -0.39 is 45.8 Å². The molecule has 0 saturated carbocycles. The highest BCUT2D eigenvalue weighted by molar-refractivity contribution is 7.89. The van der Waals surface area contributed by atoms with E-state index in [0.717, 1.165) is 28.2 Å². The van der Waals surface area contributed by atoms with E-state index >= 15 is 0 Å². The van der Waals surface area contributed by atoms with Gasteiger partial charge in [0.15, 0.2) is 12.0 Å². The zero-order chi connectivity index (χ0) is 21.5. The minimum Gasteiger partial charge on any atom is -0.387 e. The minimum absolute atomic E-state index is 0.0136. The van der Waals surface area contributed by atoms with Gasteiger partial charge in [-0.3, -0.25) is 14.3 Å². The first-order valence-corrected chi connectivity index (χ1v) is 10.9. The summed E-state index contributed by atoms with van der Waals surface area (Å²) in [6.45, 7) is -0.358. The molecule has 0 bridgehead atoms. The van der Waals surface area contributed by atoms with Crippen molar-refractivity contribution >= 4 is 21.4 Å². The van der Waals surface area contributed by atoms with E-state index in [4.69, 9.17) is 9.26 Å². The lowest BCUT2D eigenvalue weighted by Crippen LogP contribution is -2.40. The molecule has 1 aliphatic rings. The van der Waals surface area contributed by atoms with Crippen molar-refractivity contribution in [1.82, 2.24) is 19.4 Å². The molecule has 0 spiro atoms. The lowest BCUT2D eigenvalue weighted by molar-refractivity contribution is -0.0380. The molecular weight excluding hydrogens is 440 g/mol. The van der Waals surface area contributed by atoms with Crippen LogP contribution in [0.25, 0.3) is 10.6 Å². The molecule has 0 aromatic carbocycles. The van der Waals surface area contributed by atoms with Gasteiger partial charge in [-0.2, -0.15) is 0 Å². The van der Waals surface area contributed by atoms with Gasteiger partial charge in [-0.25, -0.2) is 17.9 Å². The van der Waals surface area contributed by atoms with Crippen molar-refractivity contribution in [3.8, 4) is 10.6 Å². The Hall–Kier alpha value is -2.62. The van der Waals surface area contributed by atoms with Gasteiger partial charge in [-0.1, -0.05) is 5.16 Å². The Labute approximate surface area is 172 Å². The van der Waals surface area contributed by atoms with E-state index in [1.54, 1.807) is 6.07 Å². The van der Waals surface area contributed by atoms with Crippen LogP contribution >= 0.6 is 11.3 Å². The van der Waals surface area contributed by atoms with Gasteiger partial charge in [0.2, 0.25) is 10.0 Å². The lowest BCUT2D eigenvalue weighted by Gasteiger charge is -2.16. The molecule has 4 N–H and O–H groups in total. The molecule has 160 valence electrons. The highest BCUT2D eigenvalue weighted by Crippen LogP contribution is 2.30. The SMILES string of the molecule is O=c1ccn([C@@H]2O[C@H](CNS(=O)(=O)c3csc(-c4ccno4)c3)[C@@H](O)[C@H]2O)c(=O)[nH]1. The first-order chi connectivity index (χ1) is 14.3. The maximum absolute atomic E-state index is 12.6. The van der Waals surface area contributed by atoms with Crippen LogP contribution in [0.4, 0.5) is 0 Å². The summed E-state index contributed by atoms with van der Waals surface area (Å²) in [5.41, 5.74) is -1.47. The molecule has 1 fully saturated rings. The summed E-state index contributed by atoms with van der Waals surface area (Å²) in [4.78, 5) is 25.7. The van der Waals surface area contributed by atoms with Crippen LogP contribution in [0.2, 0.25) is 0 Å². The van der Waals surface area contributed by atoms with Crippen LogP contribution in [0.15, 0.2) is 55.0 Å². The number of aromatic amines is 1. The van der Waals surface area contributed by atoms with E-state index in [2.05, 4.69) is 9.88 Å². The largest absolute Gasteiger partial charge is 0.387 e. The number of hydrogen-bond acceptors (Lipinski definition) is 10. The first kappa shape index (κ1) is 20.6. The highest BCUT2D eigenvalue weighted by atomic mass is 32.2. The van der Waals surface area contributed by atoms with E-state index in [9.17, 15) is 28.2 Å². The van der Waals surface area contributed by atoms with E-state index in [0.29, 0.717) is 10.6 Å². The van der Waals surface area contributed by atoms with Gasteiger partial charge in [-0.05, 0) is 6.07 Å². The number of nitrogens with one attached hydrogen (secondary N) is 2. The van der Waals surface area contributed by atoms with Crippen molar-refractivity contribution in [1.29, 1.82) is 0 Å². The number of hydrogen-bond donors (Lipinski definition) is 4. The smallest absolute Gasteiger partial charge is 0.330 e. The van der Waals surface area contributed by atoms with Crippen molar-refractivity contribution in [2.45, 2.75) is 29.4 Å². The molecular formula is C16H16N4O8S2. The molecule has 12 nitrogen and oxygen atoms in total. The highest BCUT2D eigenvalue weighted by Gasteiger charge is 2.44. The predicted octanol–water partition coefficient (Wildman–Crippen LogP) is -1.15. The molecule has 3 aromatic heterocycles. The predicted molar refractivity (Wildman–Crippen MR) is 102 cm³/mol. The Kier molecular flexibility index (Phi) is 5.44. The van der Waals surface area contributed by atoms with Crippen molar-refractivity contribution in [3.05, 3.63) is 56.8 Å². The molecule has 4 heterocycles. The summed E-state index contributed by atoms with van der Waals surface area (Å²) in [5, 5.41) is 25.4. The molecule has 1 aliphatic heterocycles. The zero-order valence-corrected chi connectivity index (χ0v) is 16.7. The zero-order valence-electron chi connectivity index (χ0n) is 15.0. The van der Waals surface area contributed by atoms with Gasteiger partial charge in [0.05, 0.1) is 16.0 Å². The Morgan fingerprint density at radius 2 is 2.07 bits per heavy atom. The van der Waals surface area contributed by atoms with Crippen molar-refractivity contribution < 1.29 is 27.9 Å². The Morgan fingerprint density at radius 3 is 2.77 bits per heavy atom. The molecule has 30 heavy (non-hydrogen) atoms. The van der Waals surface area contributed by atoms with Crippen LogP contribution in [-0.2, 0) is 14.8 Å². The van der Waals surface area contributed by atoms with E-state index in [1.165, 1.54) is 17.6 Å². The molecule has 4 rings (SSSR count). The maximum atomic E-state index is 12.6. The fraction of sp³-hybridized carbons (Fsp3) is 0.312. The number of rotatable bonds is 6. The topological polar surface area (TPSA) is 177 Å². The summed E-state index contributed by atoms with van der Waals surface area (Å²) in [7, 11) is -3.95. The second-order valence-electron chi connectivity index (χ2n) is 6.44. The third-order valence-corrected chi connectivity index (χ3v) is 7.00. The number of H-pyrrole nitrogens is 1. The second kappa shape index (κ2) is 7.90. The summed E-state index contributed by atoms with van der Waals surface area (Å²) < 4.78 is 38.8. The average Bonchev–Trinajstić information content (AvgIpc) is 3.43. The number of aliphatic hydroxyl groups excluding tert-OH is 2. The van der Waals surface area contributed by atoms with E-state index in [-0.39, 0.29) is 11.4 Å². The van der Waals surface area contributed by atoms with Crippen LogP contribution in [0.1, 0.15) is 6.23 Å². The van der Waals surface area contributed by atoms with Crippen molar-refractivity contribution in [3.63, 3.8) is 0 Å². The molecule has 3 aromatic rings. The number of nitrogens with zero attached hydrogens (tertiary/aromatic N) is 2. The summed E-state index contributed by atoms with van der Waals surface area (Å²) >= 11 is 1.15. The van der Waals surface area contributed by atoms with Crippen LogP contribution in [0.5, 0.6) is 0 Å². The number of thiophene rings is 1. The molecule has 0 radical (unpaired) electrons. The maximum Gasteiger partial charge on any atom is 0.330 e. The quantitative estimate of drug-likeness (QED) is 0.357. The van der Waals surface area contributed by atoms with Crippen LogP contribution in [0, 0.1) is 0 Å². The summed E-state index contributed by atoms with van der Waals surface area (Å²) in [6.07, 6.45) is -2.85. The van der Waals surface area contributed by atoms with Crippen LogP contribution < -0.4 is 16.0 Å². The first-order valence-electron chi connectivity index (χ1n) is 8.58. The number of ether oxygens (including phenoxy) is 1. The molecule has 4 atom stereocenters. The van der Waals surface area contributed by atoms with Crippen LogP contribution in [-0.4, -0.2) is 58.2 Å². The van der Waals surface area contributed by atoms with Gasteiger partial charge < -0.3 is 19.5 Å². The second-order valence-corrected chi connectivity index (χ2v) is 9.12. The van der Waals surface area contributed by atoms with Gasteiger partial charge in [-0.15, -0.1) is 11.3 Å². The molecule has 1 saturated heterocycles. The van der Waals surface area contributed by atoms with Gasteiger partial charge >= 0.3 is 5.69 Å². The normalized spacial score (nSPS) is 24.3. The standard InChI is InChI=1S/C16H16N4O8S2/c21-12-2-4-20(16(24)19-12)15-14(23)13(22)10(27-15)6-18-30(25,26)8-5-11(29-7-8)9-1-3-17-28-9/h1-5,7,10,13-15,18,22-23H,6H2,(H,19,21,24)/t10-,13-,14-,15-/m1/s1. The Bertz CT molecular complexity index is 1250. The average molecular weight is 456 g/mol. The fourth-order valence-electron chi connectivity index (χ4n) is 2.96. The molecule has 14 heteroatoms. The van der Waals surface area contributed by atoms with Crippen molar-refractivity contribution in [2.24, 2.45) is 0 Å². The number of aromatic nitrogens is 3. The Balaban J connectivity index is 1.46. The monoisotopic (exact) mass is 456 g/mol. The van der Waals surface area contributed by atoms with Gasteiger partial charge in [0.25, 0.3) is 5.56 Å². The summed E-state index contributed by atoms with van der Waals surface area (Å²) in [6, 6.07) is 4.07.